The summed E-state index contributed by atoms with van der Waals surface area (Å²) in [7, 11) is 0. The first kappa shape index (κ1) is 24.0. The number of hydrogen-bond donors (Lipinski definition) is 1. The van der Waals surface area contributed by atoms with Gasteiger partial charge in [0.15, 0.2) is 5.00 Å². The van der Waals surface area contributed by atoms with E-state index in [0.29, 0.717) is 31.3 Å². The fourth-order valence-corrected chi connectivity index (χ4v) is 4.08. The highest BCUT2D eigenvalue weighted by molar-refractivity contribution is 7.11. The Bertz CT molecular complexity index is 714. The van der Waals surface area contributed by atoms with E-state index in [1.165, 1.54) is 17.7 Å². The van der Waals surface area contributed by atoms with Crippen molar-refractivity contribution in [1.82, 2.24) is 8.75 Å². The van der Waals surface area contributed by atoms with Crippen LogP contribution in [0.3, 0.4) is 0 Å². The molecule has 28 heavy (non-hydrogen) atoms. The van der Waals surface area contributed by atoms with Gasteiger partial charge in [-0.25, -0.2) is 0 Å². The number of rotatable bonds is 3. The van der Waals surface area contributed by atoms with Crippen LogP contribution in [0.25, 0.3) is 0 Å². The minimum atomic E-state index is -0.395. The highest BCUT2D eigenvalue weighted by Crippen LogP contribution is 2.32. The van der Waals surface area contributed by atoms with Gasteiger partial charge in [-0.2, -0.15) is 8.75 Å². The lowest BCUT2D eigenvalue weighted by Crippen LogP contribution is -2.36. The Morgan fingerprint density at radius 2 is 1.39 bits per heavy atom. The van der Waals surface area contributed by atoms with E-state index in [0.717, 1.165) is 48.5 Å². The van der Waals surface area contributed by atoms with Crippen LogP contribution in [0.4, 0.5) is 21.4 Å². The van der Waals surface area contributed by atoms with E-state index in [1.807, 2.05) is 4.90 Å². The van der Waals surface area contributed by atoms with Crippen molar-refractivity contribution in [1.29, 1.82) is 0 Å². The molecule has 2 aliphatic rings. The van der Waals surface area contributed by atoms with Crippen LogP contribution >= 0.6 is 23.1 Å². The van der Waals surface area contributed by atoms with Crippen LogP contribution in [0.2, 0.25) is 0 Å². The van der Waals surface area contributed by atoms with Gasteiger partial charge in [0.2, 0.25) is 0 Å². The lowest BCUT2D eigenvalue weighted by molar-refractivity contribution is -0.384. The van der Waals surface area contributed by atoms with Gasteiger partial charge in [0.1, 0.15) is 11.2 Å². The van der Waals surface area contributed by atoms with Gasteiger partial charge in [-0.15, -0.1) is 0 Å². The summed E-state index contributed by atoms with van der Waals surface area (Å²) in [6, 6.07) is 0. The van der Waals surface area contributed by atoms with E-state index in [-0.39, 0.29) is 20.5 Å². The van der Waals surface area contributed by atoms with Crippen molar-refractivity contribution in [2.75, 3.05) is 68.1 Å². The molecular formula is C16H28N6O4S2. The molecule has 10 nitrogen and oxygen atoms in total. The van der Waals surface area contributed by atoms with Gasteiger partial charge in [0, 0.05) is 26.2 Å². The van der Waals surface area contributed by atoms with Crippen LogP contribution in [0, 0.1) is 10.1 Å². The van der Waals surface area contributed by atoms with E-state index >= 15 is 0 Å². The molecule has 0 unspecified atom stereocenters. The summed E-state index contributed by atoms with van der Waals surface area (Å²) >= 11 is 2.61. The van der Waals surface area contributed by atoms with Gasteiger partial charge in [-0.3, -0.25) is 10.1 Å². The Kier molecular flexibility index (Phi) is 10.1. The minimum Gasteiger partial charge on any atom is -0.395 e. The molecule has 0 aliphatic carbocycles. The predicted octanol–water partition coefficient (Wildman–Crippen LogP) is 2.72. The Hall–Kier alpha value is -2.02. The van der Waals surface area contributed by atoms with E-state index in [9.17, 15) is 10.1 Å². The largest absolute Gasteiger partial charge is 0.395 e. The fraction of sp³-hybridized carbons (Fsp3) is 0.625. The number of nitrogens with two attached hydrogens (primary N) is 1. The van der Waals surface area contributed by atoms with Crippen molar-refractivity contribution in [3.63, 3.8) is 0 Å². The molecule has 2 N–H and O–H groups in total. The molecule has 2 saturated heterocycles. The first-order valence-corrected chi connectivity index (χ1v) is 9.66. The van der Waals surface area contributed by atoms with Gasteiger partial charge in [0.05, 0.1) is 43.2 Å². The summed E-state index contributed by atoms with van der Waals surface area (Å²) in [5.41, 5.74) is 6.61. The topological polar surface area (TPSA) is 120 Å². The average molecular weight is 433 g/mol. The lowest BCUT2D eigenvalue weighted by Gasteiger charge is -2.27. The number of aromatic nitrogens is 2. The molecule has 0 radical (unpaired) electrons. The van der Waals surface area contributed by atoms with Gasteiger partial charge in [-0.05, 0) is 23.1 Å². The number of morpholine rings is 2. The Labute approximate surface area is 173 Å². The van der Waals surface area contributed by atoms with Gasteiger partial charge >= 0.3 is 5.69 Å². The second kappa shape index (κ2) is 11.7. The molecular weight excluding hydrogens is 404 g/mol. The number of nitrogen functional groups attached to an aromatic ring is 1. The molecule has 2 aromatic rings. The van der Waals surface area contributed by atoms with Crippen molar-refractivity contribution >= 4 is 44.4 Å². The Morgan fingerprint density at radius 1 is 0.929 bits per heavy atom. The Morgan fingerprint density at radius 3 is 1.86 bits per heavy atom. The third-order valence-electron chi connectivity index (χ3n) is 3.90. The first-order valence-electron chi connectivity index (χ1n) is 8.11. The molecule has 0 aromatic carbocycles. The van der Waals surface area contributed by atoms with Crippen LogP contribution < -0.4 is 15.5 Å². The molecule has 0 atom stereocenters. The summed E-state index contributed by atoms with van der Waals surface area (Å²) in [6.07, 6.45) is 3.00. The van der Waals surface area contributed by atoms with Crippen molar-refractivity contribution < 1.29 is 14.4 Å². The van der Waals surface area contributed by atoms with Gasteiger partial charge in [0.25, 0.3) is 0 Å². The van der Waals surface area contributed by atoms with Crippen LogP contribution in [0.5, 0.6) is 0 Å². The number of anilines is 3. The van der Waals surface area contributed by atoms with Gasteiger partial charge < -0.3 is 25.0 Å². The average Bonchev–Trinajstić information content (AvgIpc) is 3.33. The number of nitrogens with zero attached hydrogens (tertiary/aromatic N) is 5. The van der Waals surface area contributed by atoms with Crippen molar-refractivity contribution in [2.45, 2.75) is 14.9 Å². The number of ether oxygens (including phenoxy) is 2. The second-order valence-electron chi connectivity index (χ2n) is 5.56. The van der Waals surface area contributed by atoms with Crippen LogP contribution in [0.1, 0.15) is 14.9 Å². The van der Waals surface area contributed by atoms with Crippen LogP contribution in [-0.2, 0) is 9.47 Å². The monoisotopic (exact) mass is 432 g/mol. The molecule has 2 aliphatic heterocycles. The molecule has 12 heteroatoms. The summed E-state index contributed by atoms with van der Waals surface area (Å²) in [5, 5.41) is 12.4. The van der Waals surface area contributed by atoms with Crippen molar-refractivity contribution in [2.24, 2.45) is 0 Å². The van der Waals surface area contributed by atoms with E-state index in [4.69, 9.17) is 15.2 Å². The smallest absolute Gasteiger partial charge is 0.323 e. The highest BCUT2D eigenvalue weighted by atomic mass is 32.1. The summed E-state index contributed by atoms with van der Waals surface area (Å²) < 4.78 is 18.3. The summed E-state index contributed by atoms with van der Waals surface area (Å²) in [5.74, 6) is 0. The molecule has 2 fully saturated rings. The maximum Gasteiger partial charge on any atom is 0.323 e. The Balaban J connectivity index is 0.000000264. The quantitative estimate of drug-likeness (QED) is 0.576. The van der Waals surface area contributed by atoms with Crippen molar-refractivity contribution in [3.8, 4) is 0 Å². The van der Waals surface area contributed by atoms with Crippen LogP contribution in [0.15, 0.2) is 12.4 Å². The second-order valence-corrected chi connectivity index (χ2v) is 7.12. The molecule has 158 valence electrons. The minimum absolute atomic E-state index is 0. The maximum absolute atomic E-state index is 10.6. The SMILES string of the molecule is C.C.Nc1cnsc1N1CCOCC1.O=[N+]([O-])c1cnsc1N1CCOCC1. The molecule has 0 saturated carbocycles. The highest BCUT2D eigenvalue weighted by Gasteiger charge is 2.23. The molecule has 4 rings (SSSR count). The molecule has 0 amide bonds. The molecule has 0 spiro atoms. The normalized spacial score (nSPS) is 16.3. The zero-order valence-electron chi connectivity index (χ0n) is 14.1. The third-order valence-corrected chi connectivity index (χ3v) is 5.63. The van der Waals surface area contributed by atoms with E-state index in [2.05, 4.69) is 13.6 Å². The molecule has 0 bridgehead atoms. The van der Waals surface area contributed by atoms with Crippen LogP contribution in [-0.4, -0.2) is 66.3 Å². The van der Waals surface area contributed by atoms with Gasteiger partial charge in [-0.1, -0.05) is 14.9 Å². The van der Waals surface area contributed by atoms with E-state index < -0.39 is 4.92 Å². The standard InChI is InChI=1S/C7H9N3O3S.C7H11N3OS.2CH4/c11-10(12)6-5-8-14-7(6)9-1-3-13-4-2-9;8-6-5-9-12-7(6)10-1-3-11-4-2-10;;/h5H,1-4H2;5H,1-4,8H2;2*1H4. The summed E-state index contributed by atoms with van der Waals surface area (Å²) in [6.45, 7) is 6.06. The maximum atomic E-state index is 10.6. The number of hydrogen-bond acceptors (Lipinski definition) is 11. The number of nitro groups is 1. The predicted molar refractivity (Wildman–Crippen MR) is 115 cm³/mol. The van der Waals surface area contributed by atoms with Crippen molar-refractivity contribution in [3.05, 3.63) is 22.5 Å². The zero-order valence-corrected chi connectivity index (χ0v) is 15.7. The fourth-order valence-electron chi connectivity index (χ4n) is 2.59. The lowest BCUT2D eigenvalue weighted by atomic mass is 10.4. The van der Waals surface area contributed by atoms with E-state index in [1.54, 1.807) is 6.20 Å². The third kappa shape index (κ3) is 5.99. The summed E-state index contributed by atoms with van der Waals surface area (Å²) in [4.78, 5) is 14.4. The zero-order chi connectivity index (χ0) is 18.4. The first-order chi connectivity index (χ1) is 12.7. The molecule has 4 heterocycles. The molecule has 2 aromatic heterocycles.